The van der Waals surface area contributed by atoms with Crippen molar-refractivity contribution in [1.29, 1.82) is 0 Å². The quantitative estimate of drug-likeness (QED) is 0.0439. The van der Waals surface area contributed by atoms with E-state index in [0.29, 0.717) is 69.6 Å². The summed E-state index contributed by atoms with van der Waals surface area (Å²) in [6.45, 7) is 5.98. The molecule has 9 rings (SSSR count). The minimum atomic E-state index is -1.35. The van der Waals surface area contributed by atoms with Crippen LogP contribution in [0.25, 0.3) is 5.57 Å². The summed E-state index contributed by atoms with van der Waals surface area (Å²) in [4.78, 5) is 56.6. The molecule has 4 aromatic rings. The summed E-state index contributed by atoms with van der Waals surface area (Å²) in [6.07, 6.45) is 11.3. The number of nitrogens with one attached hydrogen (secondary N) is 3. The third-order valence-electron chi connectivity index (χ3n) is 14.9. The number of amides is 3. The molecule has 3 amide bonds. The van der Waals surface area contributed by atoms with E-state index in [1.165, 1.54) is 39.4 Å². The summed E-state index contributed by atoms with van der Waals surface area (Å²) < 4.78 is 9.64. The van der Waals surface area contributed by atoms with E-state index in [9.17, 15) is 24.3 Å². The second-order valence-electron chi connectivity index (χ2n) is 19.6. The standard InChI is InChI=1S/C55H67ClN8O6/c1-62(29-22-56)38-19-16-34(17-20-38)33-61-54(67)46(58)15-3-5-24-60-53(66)45(57)14-2-4-23-59-52(65)37-18-21-39(42(32-37)55(68)69)47-43-30-35-10-6-25-63-27-8-12-40(48(35)63)50(43)70-51-41-13-9-28-64-26-7-11-36(49(41)64)31-44(47)51/h16-21,30-32,45-46H,2-15,22-29,33,57-58H2,1H3,(H3-,59,60,61,65,66,67,68,69). The minimum Gasteiger partial charge on any atom is -0.545 e. The number of aryl methyl sites for hydroxylation is 2. The molecule has 7 N–H and O–H groups in total. The molecule has 0 spiro atoms. The van der Waals surface area contributed by atoms with Crippen LogP contribution in [0.3, 0.4) is 0 Å². The Morgan fingerprint density at radius 3 is 2.17 bits per heavy atom. The molecule has 14 nitrogen and oxygen atoms in total. The normalized spacial score (nSPS) is 16.1. The number of carbonyl (C=O) groups is 4. The summed E-state index contributed by atoms with van der Waals surface area (Å²) in [6, 6.07) is 16.0. The summed E-state index contributed by atoms with van der Waals surface area (Å²) in [5.74, 6) is 0.00576. The smallest absolute Gasteiger partial charge is 0.251 e. The zero-order valence-electron chi connectivity index (χ0n) is 40.4. The van der Waals surface area contributed by atoms with Crippen molar-refractivity contribution in [2.75, 3.05) is 68.5 Å². The zero-order chi connectivity index (χ0) is 48.9. The molecule has 70 heavy (non-hydrogen) atoms. The Morgan fingerprint density at radius 2 is 1.44 bits per heavy atom. The van der Waals surface area contributed by atoms with Gasteiger partial charge in [-0.15, -0.1) is 11.6 Å². The largest absolute Gasteiger partial charge is 0.545 e. The van der Waals surface area contributed by atoms with E-state index in [0.717, 1.165) is 123 Å². The molecule has 0 radical (unpaired) electrons. The van der Waals surface area contributed by atoms with Crippen LogP contribution in [0.15, 0.2) is 54.6 Å². The fourth-order valence-corrected chi connectivity index (χ4v) is 11.5. The predicted octanol–water partition coefficient (Wildman–Crippen LogP) is 3.32. The van der Waals surface area contributed by atoms with Crippen molar-refractivity contribution < 1.29 is 29.0 Å². The molecule has 0 fully saturated rings. The van der Waals surface area contributed by atoms with Crippen LogP contribution >= 0.6 is 11.6 Å². The zero-order valence-corrected chi connectivity index (χ0v) is 41.2. The van der Waals surface area contributed by atoms with Gasteiger partial charge in [-0.25, -0.2) is 4.58 Å². The van der Waals surface area contributed by atoms with Gasteiger partial charge in [-0.2, -0.15) is 0 Å². The average molecular weight is 972 g/mol. The van der Waals surface area contributed by atoms with Gasteiger partial charge in [-0.3, -0.25) is 14.4 Å². The van der Waals surface area contributed by atoms with E-state index in [1.807, 2.05) is 31.3 Å². The van der Waals surface area contributed by atoms with Crippen LogP contribution in [0.4, 0.5) is 11.4 Å². The van der Waals surface area contributed by atoms with Crippen LogP contribution in [0, 0.1) is 0 Å². The number of carbonyl (C=O) groups excluding carboxylic acids is 4. The van der Waals surface area contributed by atoms with E-state index < -0.39 is 18.1 Å². The number of benzene rings is 4. The number of hydrogen-bond donors (Lipinski definition) is 5. The van der Waals surface area contributed by atoms with Gasteiger partial charge < -0.3 is 51.9 Å². The van der Waals surface area contributed by atoms with Crippen molar-refractivity contribution in [1.82, 2.24) is 20.5 Å². The van der Waals surface area contributed by atoms with Crippen molar-refractivity contribution >= 4 is 52.2 Å². The Balaban J connectivity index is 0.789. The Bertz CT molecular complexity index is 2790. The highest BCUT2D eigenvalue weighted by molar-refractivity contribution is 6.18. The summed E-state index contributed by atoms with van der Waals surface area (Å²) in [5, 5.41) is 24.1. The van der Waals surface area contributed by atoms with E-state index in [4.69, 9.17) is 27.8 Å². The summed E-state index contributed by atoms with van der Waals surface area (Å²) in [7, 11) is 1.98. The lowest BCUT2D eigenvalue weighted by molar-refractivity contribution is -0.255. The van der Waals surface area contributed by atoms with Gasteiger partial charge in [0.15, 0.2) is 0 Å². The lowest BCUT2D eigenvalue weighted by atomic mass is 9.81. The number of aromatic carboxylic acids is 1. The summed E-state index contributed by atoms with van der Waals surface area (Å²) >= 11 is 5.84. The molecule has 2 unspecified atom stereocenters. The molecule has 0 aromatic heterocycles. The maximum absolute atomic E-state index is 13.6. The van der Waals surface area contributed by atoms with Gasteiger partial charge in [-0.05, 0) is 130 Å². The number of hydrogen-bond acceptors (Lipinski definition) is 10. The maximum Gasteiger partial charge on any atom is 0.251 e. The SMILES string of the molecule is CN(CCCl)c1ccc(CNC(=O)C(N)CCCCNC(=O)C(N)CCCCNC(=O)c2ccc(C3=c4cc5c6c(c4Oc4c3cc3c7c4CCCN7CCC3)CCC[N+]=6CCC5)c(C(=O)[O-])c2)cc1. The molecular formula is C55H67ClN8O6. The Labute approximate surface area is 415 Å². The van der Waals surface area contributed by atoms with Gasteiger partial charge in [-0.1, -0.05) is 18.2 Å². The monoisotopic (exact) mass is 970 g/mol. The first-order chi connectivity index (χ1) is 34.0. The Kier molecular flexibility index (Phi) is 15.4. The van der Waals surface area contributed by atoms with Crippen molar-refractivity contribution in [3.63, 3.8) is 0 Å². The van der Waals surface area contributed by atoms with Crippen LogP contribution < -0.4 is 62.2 Å². The molecule has 5 aliphatic rings. The molecule has 0 bridgehead atoms. The molecule has 4 aromatic carbocycles. The van der Waals surface area contributed by atoms with E-state index >= 15 is 0 Å². The highest BCUT2D eigenvalue weighted by atomic mass is 35.5. The van der Waals surface area contributed by atoms with E-state index in [1.54, 1.807) is 12.1 Å². The first kappa shape index (κ1) is 49.0. The van der Waals surface area contributed by atoms with Crippen LogP contribution in [-0.4, -0.2) is 94.5 Å². The minimum absolute atomic E-state index is 0.0340. The van der Waals surface area contributed by atoms with Crippen LogP contribution in [0.1, 0.15) is 124 Å². The number of ether oxygens (including phenoxy) is 1. The number of unbranched alkanes of at least 4 members (excludes halogenated alkanes) is 2. The lowest BCUT2D eigenvalue weighted by Gasteiger charge is -2.39. The highest BCUT2D eigenvalue weighted by Gasteiger charge is 2.36. The molecule has 15 heteroatoms. The van der Waals surface area contributed by atoms with Gasteiger partial charge >= 0.3 is 0 Å². The molecule has 0 aliphatic carbocycles. The van der Waals surface area contributed by atoms with Crippen LogP contribution in [-0.2, 0) is 41.8 Å². The molecule has 0 saturated carbocycles. The van der Waals surface area contributed by atoms with Gasteiger partial charge in [0.05, 0.1) is 23.6 Å². The predicted molar refractivity (Wildman–Crippen MR) is 272 cm³/mol. The number of alkyl halides is 1. The summed E-state index contributed by atoms with van der Waals surface area (Å²) in [5.41, 5.74) is 23.1. The number of carboxylic acids is 1. The second-order valence-corrected chi connectivity index (χ2v) is 20.0. The lowest BCUT2D eigenvalue weighted by Crippen LogP contribution is -2.45. The molecule has 370 valence electrons. The average Bonchev–Trinajstić information content (AvgIpc) is 3.37. The van der Waals surface area contributed by atoms with E-state index in [2.05, 4.69) is 42.5 Å². The molecule has 5 aliphatic heterocycles. The van der Waals surface area contributed by atoms with Crippen molar-refractivity contribution in [2.24, 2.45) is 11.5 Å². The van der Waals surface area contributed by atoms with Crippen molar-refractivity contribution in [3.05, 3.63) is 115 Å². The molecule has 5 heterocycles. The van der Waals surface area contributed by atoms with Gasteiger partial charge in [0, 0.05) is 115 Å². The number of nitrogens with zero attached hydrogens (tertiary/aromatic N) is 3. The third-order valence-corrected chi connectivity index (χ3v) is 15.0. The number of fused-ring (bicyclic) bond motifs is 4. The van der Waals surface area contributed by atoms with Crippen LogP contribution in [0.2, 0.25) is 0 Å². The maximum atomic E-state index is 13.6. The number of nitrogens with two attached hydrogens (primary N) is 2. The number of halogens is 1. The number of rotatable bonds is 20. The fourth-order valence-electron chi connectivity index (χ4n) is 11.2. The molecular weight excluding hydrogens is 904 g/mol. The Hall–Kier alpha value is -5.96. The highest BCUT2D eigenvalue weighted by Crippen LogP contribution is 2.49. The van der Waals surface area contributed by atoms with Crippen molar-refractivity contribution in [2.45, 2.75) is 109 Å². The topological polar surface area (TPSA) is 198 Å². The van der Waals surface area contributed by atoms with Crippen molar-refractivity contribution in [3.8, 4) is 11.5 Å². The second kappa shape index (κ2) is 22.0. The first-order valence-corrected chi connectivity index (χ1v) is 26.0. The number of carboxylic acid groups (broad SMARTS) is 1. The molecule has 0 saturated heterocycles. The first-order valence-electron chi connectivity index (χ1n) is 25.5. The van der Waals surface area contributed by atoms with Crippen LogP contribution in [0.5, 0.6) is 11.5 Å². The van der Waals surface area contributed by atoms with Gasteiger partial charge in [0.25, 0.3) is 5.91 Å². The van der Waals surface area contributed by atoms with Gasteiger partial charge in [0.1, 0.15) is 24.6 Å². The van der Waals surface area contributed by atoms with E-state index in [-0.39, 0.29) is 28.8 Å². The Morgan fingerprint density at radius 1 is 0.771 bits per heavy atom. The third kappa shape index (κ3) is 10.4. The number of anilines is 2. The fraction of sp³-hybridized carbons (Fsp3) is 0.473. The van der Waals surface area contributed by atoms with Gasteiger partial charge in [0.2, 0.25) is 17.2 Å². The molecule has 2 atom stereocenters.